The van der Waals surface area contributed by atoms with E-state index in [1.807, 2.05) is 52.1 Å². The molecule has 0 aliphatic heterocycles. The highest BCUT2D eigenvalue weighted by molar-refractivity contribution is 7.07. The molecule has 0 bridgehead atoms. The van der Waals surface area contributed by atoms with Gasteiger partial charge in [0, 0.05) is 28.8 Å². The van der Waals surface area contributed by atoms with Crippen molar-refractivity contribution in [1.29, 1.82) is 0 Å². The Hall–Kier alpha value is -3.06. The van der Waals surface area contributed by atoms with Gasteiger partial charge in [0.05, 0.1) is 36.2 Å². The molecule has 0 saturated heterocycles. The third-order valence-corrected chi connectivity index (χ3v) is 4.39. The van der Waals surface area contributed by atoms with Crippen LogP contribution < -0.4 is 4.74 Å². The van der Waals surface area contributed by atoms with Crippen LogP contribution in [0, 0.1) is 0 Å². The number of hydrogen-bond acceptors (Lipinski definition) is 6. The summed E-state index contributed by atoms with van der Waals surface area (Å²) in [7, 11) is 1.59. The zero-order valence-electron chi connectivity index (χ0n) is 13.5. The number of thiazole rings is 1. The molecule has 0 spiro atoms. The Morgan fingerprint density at radius 2 is 1.92 bits per heavy atom. The monoisotopic (exact) mass is 349 g/mol. The second-order valence-electron chi connectivity index (χ2n) is 5.40. The Morgan fingerprint density at radius 3 is 2.72 bits per heavy atom. The van der Waals surface area contributed by atoms with Gasteiger partial charge >= 0.3 is 0 Å². The smallest absolute Gasteiger partial charge is 0.216 e. The van der Waals surface area contributed by atoms with E-state index in [1.165, 1.54) is 6.33 Å². The summed E-state index contributed by atoms with van der Waals surface area (Å²) in [5.41, 5.74) is 6.61. The highest BCUT2D eigenvalue weighted by Gasteiger charge is 2.07. The average molecular weight is 349 g/mol. The highest BCUT2D eigenvalue weighted by atomic mass is 32.1. The van der Waals surface area contributed by atoms with Crippen molar-refractivity contribution in [2.45, 2.75) is 6.54 Å². The van der Waals surface area contributed by atoms with Crippen LogP contribution in [-0.2, 0) is 6.54 Å². The van der Waals surface area contributed by atoms with Gasteiger partial charge in [-0.05, 0) is 12.1 Å². The lowest BCUT2D eigenvalue weighted by molar-refractivity contribution is 0.397. The molecule has 7 heteroatoms. The molecule has 25 heavy (non-hydrogen) atoms. The van der Waals surface area contributed by atoms with Gasteiger partial charge in [0.2, 0.25) is 5.88 Å². The zero-order chi connectivity index (χ0) is 17.1. The summed E-state index contributed by atoms with van der Waals surface area (Å²) in [4.78, 5) is 12.7. The van der Waals surface area contributed by atoms with E-state index in [2.05, 4.69) is 26.1 Å². The van der Waals surface area contributed by atoms with E-state index in [-0.39, 0.29) is 0 Å². The Labute approximate surface area is 148 Å². The topological polar surface area (TPSA) is 65.7 Å². The number of hydrogen-bond donors (Lipinski definition) is 0. The van der Waals surface area contributed by atoms with Gasteiger partial charge in [-0.1, -0.05) is 18.2 Å². The number of aromatic nitrogens is 5. The first-order valence-corrected chi connectivity index (χ1v) is 8.63. The summed E-state index contributed by atoms with van der Waals surface area (Å²) in [5, 5.41) is 6.68. The average Bonchev–Trinajstić information content (AvgIpc) is 3.34. The fourth-order valence-corrected chi connectivity index (χ4v) is 3.08. The molecule has 6 nitrogen and oxygen atoms in total. The molecular weight excluding hydrogens is 334 g/mol. The molecule has 1 aromatic carbocycles. The Balaban J connectivity index is 1.62. The third-order valence-electron chi connectivity index (χ3n) is 3.75. The molecule has 0 saturated carbocycles. The van der Waals surface area contributed by atoms with Gasteiger partial charge in [0.25, 0.3) is 0 Å². The Kier molecular flexibility index (Phi) is 4.22. The largest absolute Gasteiger partial charge is 0.481 e. The first-order chi connectivity index (χ1) is 12.3. The summed E-state index contributed by atoms with van der Waals surface area (Å²) in [5.74, 6) is 0.544. The van der Waals surface area contributed by atoms with Gasteiger partial charge < -0.3 is 4.74 Å². The van der Waals surface area contributed by atoms with Crippen LogP contribution in [0.3, 0.4) is 0 Å². The van der Waals surface area contributed by atoms with E-state index in [0.717, 1.165) is 28.2 Å². The minimum Gasteiger partial charge on any atom is -0.481 e. The van der Waals surface area contributed by atoms with Crippen LogP contribution in [0.25, 0.3) is 22.5 Å². The predicted octanol–water partition coefficient (Wildman–Crippen LogP) is 3.52. The molecule has 0 unspecified atom stereocenters. The standard InChI is InChI=1S/C18H15N5OS/c1-24-18-8-17(19-11-20-18)14-4-2-3-13(7-14)16-5-6-23(22-16)9-15-10-25-12-21-15/h2-8,10-12H,9H2,1H3. The van der Waals surface area contributed by atoms with Crippen molar-refractivity contribution in [1.82, 2.24) is 24.7 Å². The van der Waals surface area contributed by atoms with Crippen molar-refractivity contribution in [3.63, 3.8) is 0 Å². The lowest BCUT2D eigenvalue weighted by Gasteiger charge is -2.05. The van der Waals surface area contributed by atoms with Crippen molar-refractivity contribution in [3.05, 3.63) is 65.5 Å². The summed E-state index contributed by atoms with van der Waals surface area (Å²) < 4.78 is 7.07. The molecule has 0 N–H and O–H groups in total. The number of rotatable bonds is 5. The van der Waals surface area contributed by atoms with E-state index in [0.29, 0.717) is 12.4 Å². The van der Waals surface area contributed by atoms with E-state index in [9.17, 15) is 0 Å². The van der Waals surface area contributed by atoms with Crippen molar-refractivity contribution >= 4 is 11.3 Å². The molecular formula is C18H15N5OS. The molecule has 3 aromatic heterocycles. The lowest BCUT2D eigenvalue weighted by atomic mass is 10.1. The summed E-state index contributed by atoms with van der Waals surface area (Å²) >= 11 is 1.59. The van der Waals surface area contributed by atoms with Crippen LogP contribution in [0.2, 0.25) is 0 Å². The van der Waals surface area contributed by atoms with Gasteiger partial charge in [0.15, 0.2) is 0 Å². The van der Waals surface area contributed by atoms with Crippen molar-refractivity contribution in [3.8, 4) is 28.4 Å². The fraction of sp³-hybridized carbons (Fsp3) is 0.111. The van der Waals surface area contributed by atoms with Gasteiger partial charge in [0.1, 0.15) is 6.33 Å². The van der Waals surface area contributed by atoms with E-state index in [1.54, 1.807) is 18.4 Å². The van der Waals surface area contributed by atoms with Crippen molar-refractivity contribution in [2.24, 2.45) is 0 Å². The predicted molar refractivity (Wildman–Crippen MR) is 96.5 cm³/mol. The van der Waals surface area contributed by atoms with Gasteiger partial charge in [-0.2, -0.15) is 5.10 Å². The quantitative estimate of drug-likeness (QED) is 0.551. The van der Waals surface area contributed by atoms with Gasteiger partial charge in [-0.3, -0.25) is 4.68 Å². The second-order valence-corrected chi connectivity index (χ2v) is 6.12. The first kappa shape index (κ1) is 15.5. The van der Waals surface area contributed by atoms with Gasteiger partial charge in [-0.25, -0.2) is 15.0 Å². The maximum Gasteiger partial charge on any atom is 0.216 e. The summed E-state index contributed by atoms with van der Waals surface area (Å²) in [6, 6.07) is 11.9. The highest BCUT2D eigenvalue weighted by Crippen LogP contribution is 2.25. The fourth-order valence-electron chi connectivity index (χ4n) is 2.53. The molecule has 0 amide bonds. The molecule has 0 radical (unpaired) electrons. The third kappa shape index (κ3) is 3.41. The van der Waals surface area contributed by atoms with Crippen LogP contribution >= 0.6 is 11.3 Å². The van der Waals surface area contributed by atoms with E-state index >= 15 is 0 Å². The second kappa shape index (κ2) is 6.82. The number of ether oxygens (including phenoxy) is 1. The normalized spacial score (nSPS) is 10.8. The van der Waals surface area contributed by atoms with Crippen LogP contribution in [0.4, 0.5) is 0 Å². The zero-order valence-corrected chi connectivity index (χ0v) is 14.3. The van der Waals surface area contributed by atoms with Crippen molar-refractivity contribution in [2.75, 3.05) is 7.11 Å². The number of benzene rings is 1. The number of methoxy groups -OCH3 is 1. The van der Waals surface area contributed by atoms with E-state index < -0.39 is 0 Å². The Morgan fingerprint density at radius 1 is 1.04 bits per heavy atom. The maximum absolute atomic E-state index is 5.17. The van der Waals surface area contributed by atoms with Crippen molar-refractivity contribution < 1.29 is 4.74 Å². The molecule has 0 atom stereocenters. The first-order valence-electron chi connectivity index (χ1n) is 7.69. The van der Waals surface area contributed by atoms with Crippen LogP contribution in [0.1, 0.15) is 5.69 Å². The van der Waals surface area contributed by atoms with Crippen LogP contribution in [0.5, 0.6) is 5.88 Å². The maximum atomic E-state index is 5.17. The minimum atomic E-state index is 0.544. The SMILES string of the molecule is COc1cc(-c2cccc(-c3ccn(Cc4cscn4)n3)c2)ncn1. The molecule has 124 valence electrons. The molecule has 0 fully saturated rings. The molecule has 0 aliphatic carbocycles. The van der Waals surface area contributed by atoms with Crippen LogP contribution in [-0.4, -0.2) is 31.8 Å². The molecule has 4 rings (SSSR count). The molecule has 3 heterocycles. The Bertz CT molecular complexity index is 981. The summed E-state index contributed by atoms with van der Waals surface area (Å²) in [6.45, 7) is 0.673. The molecule has 0 aliphatic rings. The number of nitrogens with zero attached hydrogens (tertiary/aromatic N) is 5. The lowest BCUT2D eigenvalue weighted by Crippen LogP contribution is -2.00. The van der Waals surface area contributed by atoms with E-state index in [4.69, 9.17) is 4.74 Å². The minimum absolute atomic E-state index is 0.544. The van der Waals surface area contributed by atoms with Gasteiger partial charge in [-0.15, -0.1) is 11.3 Å². The summed E-state index contributed by atoms with van der Waals surface area (Å²) in [6.07, 6.45) is 3.47. The van der Waals surface area contributed by atoms with Crippen LogP contribution in [0.15, 0.2) is 59.8 Å². The molecule has 4 aromatic rings.